The third-order valence-corrected chi connectivity index (χ3v) is 12.1. The van der Waals surface area contributed by atoms with Gasteiger partial charge in [-0.15, -0.1) is 0 Å². The van der Waals surface area contributed by atoms with Gasteiger partial charge in [-0.2, -0.15) is 0 Å². The maximum absolute atomic E-state index is 13.4. The van der Waals surface area contributed by atoms with E-state index < -0.39 is 41.7 Å². The molecule has 34 heavy (non-hydrogen) atoms. The molecule has 0 aliphatic heterocycles. The van der Waals surface area contributed by atoms with Gasteiger partial charge in [0.2, 0.25) is 0 Å². The smallest absolute Gasteiger partial charge is 0.194 e. The lowest BCUT2D eigenvalue weighted by molar-refractivity contribution is 0.0978. The van der Waals surface area contributed by atoms with E-state index in [1.807, 2.05) is 0 Å². The zero-order valence-corrected chi connectivity index (χ0v) is 20.6. The first-order valence-corrected chi connectivity index (χ1v) is 15.2. The van der Waals surface area contributed by atoms with E-state index in [4.69, 9.17) is 0 Å². The molecule has 2 fully saturated rings. The highest BCUT2D eigenvalue weighted by Crippen LogP contribution is 2.35. The van der Waals surface area contributed by atoms with E-state index in [0.29, 0.717) is 25.7 Å². The summed E-state index contributed by atoms with van der Waals surface area (Å²) < 4.78 is 52.8. The quantitative estimate of drug-likeness (QED) is 0.516. The van der Waals surface area contributed by atoms with Gasteiger partial charge in [-0.05, 0) is 62.1 Å². The first-order chi connectivity index (χ1) is 16.2. The minimum atomic E-state index is -3.62. The Balaban J connectivity index is 1.54. The summed E-state index contributed by atoms with van der Waals surface area (Å²) in [4.78, 5) is 26.6. The van der Waals surface area contributed by atoms with Crippen LogP contribution in [0.15, 0.2) is 46.2 Å². The van der Waals surface area contributed by atoms with Crippen molar-refractivity contribution < 1.29 is 26.4 Å². The Morgan fingerprint density at radius 1 is 0.500 bits per heavy atom. The van der Waals surface area contributed by atoms with Crippen molar-refractivity contribution in [2.24, 2.45) is 0 Å². The van der Waals surface area contributed by atoms with Crippen LogP contribution in [-0.2, 0) is 19.7 Å². The van der Waals surface area contributed by atoms with E-state index in [-0.39, 0.29) is 32.0 Å². The Labute approximate surface area is 200 Å². The van der Waals surface area contributed by atoms with E-state index >= 15 is 0 Å². The van der Waals surface area contributed by atoms with Crippen LogP contribution in [0, 0.1) is 0 Å². The molecule has 0 unspecified atom stereocenters. The van der Waals surface area contributed by atoms with Crippen molar-refractivity contribution in [2.45, 2.75) is 84.5 Å². The highest BCUT2D eigenvalue weighted by atomic mass is 32.2. The standard InChI is InChI=1S/C26H28O6S2/c27-25-21-13-11-19(33(29,30)17-7-3-1-4-8-17)15-23(21)26(28)24-16-20(12-14-22(24)25)34(31,32)18-9-5-2-6-10-18/h11-18H,1-10H2. The largest absolute Gasteiger partial charge is 0.289 e. The molecule has 0 atom stereocenters. The summed E-state index contributed by atoms with van der Waals surface area (Å²) in [6, 6.07) is 8.29. The second kappa shape index (κ2) is 8.72. The number of hydrogen-bond donors (Lipinski definition) is 0. The average molecular weight is 501 g/mol. The van der Waals surface area contributed by atoms with Crippen molar-refractivity contribution in [3.8, 4) is 0 Å². The second-order valence-electron chi connectivity index (χ2n) is 9.68. The van der Waals surface area contributed by atoms with Crippen molar-refractivity contribution >= 4 is 31.2 Å². The minimum absolute atomic E-state index is 0.0293. The van der Waals surface area contributed by atoms with Gasteiger partial charge in [-0.1, -0.05) is 38.5 Å². The van der Waals surface area contributed by atoms with Crippen molar-refractivity contribution in [1.29, 1.82) is 0 Å². The Morgan fingerprint density at radius 2 is 0.853 bits per heavy atom. The molecule has 0 saturated heterocycles. The molecule has 0 amide bonds. The molecule has 0 bridgehead atoms. The molecule has 6 nitrogen and oxygen atoms in total. The molecule has 0 radical (unpaired) electrons. The number of carbonyl (C=O) groups is 2. The molecule has 0 N–H and O–H groups in total. The van der Waals surface area contributed by atoms with Crippen LogP contribution in [0.2, 0.25) is 0 Å². The third-order valence-electron chi connectivity index (χ3n) is 7.60. The highest BCUT2D eigenvalue weighted by Gasteiger charge is 2.36. The monoisotopic (exact) mass is 500 g/mol. The Morgan fingerprint density at radius 3 is 1.24 bits per heavy atom. The fourth-order valence-corrected chi connectivity index (χ4v) is 9.36. The lowest BCUT2D eigenvalue weighted by Crippen LogP contribution is -2.27. The lowest BCUT2D eigenvalue weighted by Gasteiger charge is -2.24. The van der Waals surface area contributed by atoms with Gasteiger partial charge in [0.1, 0.15) is 0 Å². The van der Waals surface area contributed by atoms with Gasteiger partial charge >= 0.3 is 0 Å². The van der Waals surface area contributed by atoms with Crippen molar-refractivity contribution in [1.82, 2.24) is 0 Å². The minimum Gasteiger partial charge on any atom is -0.289 e. The van der Waals surface area contributed by atoms with Gasteiger partial charge < -0.3 is 0 Å². The third kappa shape index (κ3) is 3.85. The van der Waals surface area contributed by atoms with Crippen molar-refractivity contribution in [3.63, 3.8) is 0 Å². The topological polar surface area (TPSA) is 102 Å². The number of hydrogen-bond acceptors (Lipinski definition) is 6. The Hall–Kier alpha value is -2.32. The van der Waals surface area contributed by atoms with Gasteiger partial charge in [-0.3, -0.25) is 9.59 Å². The average Bonchev–Trinajstić information content (AvgIpc) is 2.87. The summed E-state index contributed by atoms with van der Waals surface area (Å²) in [5, 5.41) is -0.957. The molecular formula is C26H28O6S2. The van der Waals surface area contributed by atoms with E-state index in [1.165, 1.54) is 36.4 Å². The van der Waals surface area contributed by atoms with E-state index in [9.17, 15) is 26.4 Å². The molecule has 0 heterocycles. The number of ketones is 2. The molecular weight excluding hydrogens is 472 g/mol. The predicted molar refractivity (Wildman–Crippen MR) is 128 cm³/mol. The number of benzene rings is 2. The van der Waals surface area contributed by atoms with Crippen LogP contribution in [0.25, 0.3) is 0 Å². The number of carbonyl (C=O) groups excluding carboxylic acids is 2. The highest BCUT2D eigenvalue weighted by molar-refractivity contribution is 7.92. The summed E-state index contributed by atoms with van der Waals surface area (Å²) in [7, 11) is -7.24. The predicted octanol–water partition coefficient (Wildman–Crippen LogP) is 4.67. The van der Waals surface area contributed by atoms with Gasteiger partial charge in [0.05, 0.1) is 20.3 Å². The molecule has 2 saturated carbocycles. The first-order valence-electron chi connectivity index (χ1n) is 12.1. The van der Waals surface area contributed by atoms with E-state index in [1.54, 1.807) is 0 Å². The normalized spacial score (nSPS) is 20.1. The number of rotatable bonds is 4. The molecule has 5 rings (SSSR count). The van der Waals surface area contributed by atoms with Crippen LogP contribution < -0.4 is 0 Å². The fraction of sp³-hybridized carbons (Fsp3) is 0.462. The van der Waals surface area contributed by atoms with Crippen molar-refractivity contribution in [3.05, 3.63) is 58.7 Å². The zero-order chi connectivity index (χ0) is 24.1. The SMILES string of the molecule is O=C1c2ccc(S(=O)(=O)C3CCCCC3)cc2C(=O)c2cc(S(=O)(=O)C3CCCCC3)ccc21. The molecule has 3 aliphatic rings. The molecule has 8 heteroatoms. The molecule has 0 spiro atoms. The molecule has 3 aliphatic carbocycles. The van der Waals surface area contributed by atoms with E-state index in [0.717, 1.165) is 38.5 Å². The lowest BCUT2D eigenvalue weighted by atomic mass is 9.84. The van der Waals surface area contributed by atoms with Crippen LogP contribution in [0.1, 0.15) is 96.1 Å². The van der Waals surface area contributed by atoms with Gasteiger partial charge in [0.25, 0.3) is 0 Å². The molecule has 180 valence electrons. The molecule has 2 aromatic rings. The van der Waals surface area contributed by atoms with Crippen LogP contribution >= 0.6 is 0 Å². The zero-order valence-electron chi connectivity index (χ0n) is 19.0. The van der Waals surface area contributed by atoms with Crippen LogP contribution in [0.4, 0.5) is 0 Å². The summed E-state index contributed by atoms with van der Waals surface area (Å²) in [6.07, 6.45) is 7.85. The number of fused-ring (bicyclic) bond motifs is 2. The van der Waals surface area contributed by atoms with Gasteiger partial charge in [-0.25, -0.2) is 16.8 Å². The fourth-order valence-electron chi connectivity index (χ4n) is 5.60. The summed E-state index contributed by atoms with van der Waals surface area (Å²) in [5.41, 5.74) is 0.370. The van der Waals surface area contributed by atoms with Crippen LogP contribution in [0.5, 0.6) is 0 Å². The summed E-state index contributed by atoms with van der Waals surface area (Å²) in [6.45, 7) is 0. The maximum Gasteiger partial charge on any atom is 0.194 e. The molecule has 2 aromatic carbocycles. The Bertz CT molecular complexity index is 1270. The van der Waals surface area contributed by atoms with Crippen LogP contribution in [0.3, 0.4) is 0 Å². The first kappa shape index (κ1) is 23.4. The summed E-state index contributed by atoms with van der Waals surface area (Å²) in [5.74, 6) is -0.904. The van der Waals surface area contributed by atoms with E-state index in [2.05, 4.69) is 0 Å². The number of sulfone groups is 2. The molecule has 0 aromatic heterocycles. The van der Waals surface area contributed by atoms with Gasteiger partial charge in [0.15, 0.2) is 31.2 Å². The maximum atomic E-state index is 13.4. The summed E-state index contributed by atoms with van der Waals surface area (Å²) >= 11 is 0. The van der Waals surface area contributed by atoms with Crippen LogP contribution in [-0.4, -0.2) is 38.9 Å². The Kier molecular flexibility index (Phi) is 6.01. The van der Waals surface area contributed by atoms with Crippen molar-refractivity contribution in [2.75, 3.05) is 0 Å². The van der Waals surface area contributed by atoms with Gasteiger partial charge in [0, 0.05) is 22.3 Å². The second-order valence-corrected chi connectivity index (χ2v) is 14.1.